The van der Waals surface area contributed by atoms with E-state index in [2.05, 4.69) is 4.72 Å². The number of benzene rings is 1. The van der Waals surface area contributed by atoms with Crippen LogP contribution in [0.2, 0.25) is 0 Å². The van der Waals surface area contributed by atoms with Gasteiger partial charge in [0.05, 0.1) is 31.1 Å². The number of hydrogen-bond donors (Lipinski definition) is 2. The molecule has 0 unspecified atom stereocenters. The Morgan fingerprint density at radius 1 is 1.26 bits per heavy atom. The zero-order valence-electron chi connectivity index (χ0n) is 11.2. The lowest BCUT2D eigenvalue weighted by atomic mass is 10.1. The monoisotopic (exact) mass is 287 g/mol. The van der Waals surface area contributed by atoms with E-state index in [1.807, 2.05) is 19.9 Å². The maximum absolute atomic E-state index is 11.9. The van der Waals surface area contributed by atoms with E-state index in [1.165, 1.54) is 0 Å². The Bertz CT molecular complexity index is 459. The van der Waals surface area contributed by atoms with Gasteiger partial charge in [0.25, 0.3) is 0 Å². The van der Waals surface area contributed by atoms with E-state index < -0.39 is 16.1 Å². The van der Waals surface area contributed by atoms with Crippen LogP contribution < -0.4 is 4.72 Å². The van der Waals surface area contributed by atoms with E-state index >= 15 is 0 Å². The first-order valence-corrected chi connectivity index (χ1v) is 7.87. The number of aliphatic hydroxyl groups is 1. The molecule has 0 spiro atoms. The minimum absolute atomic E-state index is 0.00189. The standard InChI is InChI=1S/C13H21NO4S/c1-11(2)18-8-9-19(16,17)14-13(10-15)12-6-4-3-5-7-12/h3-7,11,13-15H,8-10H2,1-2H3/t13-/m1/s1. The number of sulfonamides is 1. The molecule has 0 saturated carbocycles. The molecule has 6 heteroatoms. The van der Waals surface area contributed by atoms with E-state index in [9.17, 15) is 13.5 Å². The van der Waals surface area contributed by atoms with Gasteiger partial charge in [-0.15, -0.1) is 0 Å². The van der Waals surface area contributed by atoms with Crippen LogP contribution in [0.15, 0.2) is 30.3 Å². The summed E-state index contributed by atoms with van der Waals surface area (Å²) in [6.07, 6.45) is -0.00189. The van der Waals surface area contributed by atoms with Gasteiger partial charge in [0.15, 0.2) is 0 Å². The predicted molar refractivity (Wildman–Crippen MR) is 74.3 cm³/mol. The highest BCUT2D eigenvalue weighted by atomic mass is 32.2. The van der Waals surface area contributed by atoms with Crippen LogP contribution in [0.4, 0.5) is 0 Å². The smallest absolute Gasteiger partial charge is 0.214 e. The molecular formula is C13H21NO4S. The van der Waals surface area contributed by atoms with Crippen molar-refractivity contribution in [1.82, 2.24) is 4.72 Å². The first-order chi connectivity index (χ1) is 8.94. The minimum atomic E-state index is -3.47. The van der Waals surface area contributed by atoms with E-state index in [4.69, 9.17) is 4.74 Å². The van der Waals surface area contributed by atoms with E-state index in [1.54, 1.807) is 24.3 Å². The van der Waals surface area contributed by atoms with Gasteiger partial charge in [-0.2, -0.15) is 0 Å². The summed E-state index contributed by atoms with van der Waals surface area (Å²) in [7, 11) is -3.47. The second-order valence-corrected chi connectivity index (χ2v) is 6.38. The van der Waals surface area contributed by atoms with Crippen molar-refractivity contribution in [2.24, 2.45) is 0 Å². The molecule has 1 rings (SSSR count). The minimum Gasteiger partial charge on any atom is -0.394 e. The van der Waals surface area contributed by atoms with E-state index in [-0.39, 0.29) is 25.1 Å². The second kappa shape index (κ2) is 7.59. The fraction of sp³-hybridized carbons (Fsp3) is 0.538. The highest BCUT2D eigenvalue weighted by molar-refractivity contribution is 7.89. The lowest BCUT2D eigenvalue weighted by molar-refractivity contribution is 0.0910. The van der Waals surface area contributed by atoms with Crippen LogP contribution in [0.25, 0.3) is 0 Å². The van der Waals surface area contributed by atoms with Crippen molar-refractivity contribution in [2.75, 3.05) is 19.0 Å². The second-order valence-electron chi connectivity index (χ2n) is 4.50. The van der Waals surface area contributed by atoms with Crippen LogP contribution in [0.3, 0.4) is 0 Å². The molecule has 1 atom stereocenters. The zero-order chi connectivity index (χ0) is 14.3. The average molecular weight is 287 g/mol. The van der Waals surface area contributed by atoms with Crippen LogP contribution in [0.1, 0.15) is 25.5 Å². The van der Waals surface area contributed by atoms with Crippen LogP contribution in [0, 0.1) is 0 Å². The van der Waals surface area contributed by atoms with Gasteiger partial charge < -0.3 is 9.84 Å². The molecule has 0 aliphatic carbocycles. The summed E-state index contributed by atoms with van der Waals surface area (Å²) in [5.74, 6) is -0.117. The first kappa shape index (κ1) is 16.1. The van der Waals surface area contributed by atoms with Crippen molar-refractivity contribution >= 4 is 10.0 Å². The third kappa shape index (κ3) is 6.15. The fourth-order valence-corrected chi connectivity index (χ4v) is 2.64. The normalized spacial score (nSPS) is 13.7. The quantitative estimate of drug-likeness (QED) is 0.750. The Labute approximate surface area is 114 Å². The molecule has 0 fully saturated rings. The fourth-order valence-electron chi connectivity index (χ4n) is 1.57. The Morgan fingerprint density at radius 2 is 1.89 bits per heavy atom. The Balaban J connectivity index is 2.60. The third-order valence-corrected chi connectivity index (χ3v) is 3.86. The first-order valence-electron chi connectivity index (χ1n) is 6.22. The topological polar surface area (TPSA) is 75.6 Å². The molecule has 0 aliphatic rings. The highest BCUT2D eigenvalue weighted by Gasteiger charge is 2.18. The molecule has 0 heterocycles. The molecule has 19 heavy (non-hydrogen) atoms. The van der Waals surface area contributed by atoms with Crippen molar-refractivity contribution in [3.8, 4) is 0 Å². The molecule has 5 nitrogen and oxygen atoms in total. The molecule has 2 N–H and O–H groups in total. The molecular weight excluding hydrogens is 266 g/mol. The maximum atomic E-state index is 11.9. The zero-order valence-corrected chi connectivity index (χ0v) is 12.1. The SMILES string of the molecule is CC(C)OCCS(=O)(=O)N[C@H](CO)c1ccccc1. The Hall–Kier alpha value is -0.950. The summed E-state index contributed by atoms with van der Waals surface area (Å²) in [5, 5.41) is 9.30. The molecule has 0 amide bonds. The molecule has 0 bridgehead atoms. The maximum Gasteiger partial charge on any atom is 0.214 e. The van der Waals surface area contributed by atoms with Crippen LogP contribution in [-0.2, 0) is 14.8 Å². The van der Waals surface area contributed by atoms with Crippen molar-refractivity contribution in [1.29, 1.82) is 0 Å². The van der Waals surface area contributed by atoms with Gasteiger partial charge >= 0.3 is 0 Å². The third-order valence-electron chi connectivity index (χ3n) is 2.51. The number of ether oxygens (including phenoxy) is 1. The van der Waals surface area contributed by atoms with Gasteiger partial charge in [0.1, 0.15) is 0 Å². The highest BCUT2D eigenvalue weighted by Crippen LogP contribution is 2.12. The Kier molecular flexibility index (Phi) is 6.44. The molecule has 108 valence electrons. The summed E-state index contributed by atoms with van der Waals surface area (Å²) in [4.78, 5) is 0. The van der Waals surface area contributed by atoms with Crippen LogP contribution in [0.5, 0.6) is 0 Å². The average Bonchev–Trinajstić information content (AvgIpc) is 2.36. The molecule has 1 aromatic carbocycles. The molecule has 0 radical (unpaired) electrons. The van der Waals surface area contributed by atoms with Crippen LogP contribution in [-0.4, -0.2) is 38.6 Å². The molecule has 1 aromatic rings. The predicted octanol–water partition coefficient (Wildman–Crippen LogP) is 1.06. The van der Waals surface area contributed by atoms with Gasteiger partial charge in [-0.05, 0) is 19.4 Å². The summed E-state index contributed by atoms with van der Waals surface area (Å²) < 4.78 is 31.4. The lowest BCUT2D eigenvalue weighted by Gasteiger charge is -2.17. The Morgan fingerprint density at radius 3 is 2.42 bits per heavy atom. The number of nitrogens with one attached hydrogen (secondary N) is 1. The van der Waals surface area contributed by atoms with E-state index in [0.717, 1.165) is 5.56 Å². The van der Waals surface area contributed by atoms with Gasteiger partial charge in [0, 0.05) is 0 Å². The number of hydrogen-bond acceptors (Lipinski definition) is 4. The summed E-state index contributed by atoms with van der Waals surface area (Å²) in [6, 6.07) is 8.36. The molecule has 0 saturated heterocycles. The van der Waals surface area contributed by atoms with Gasteiger partial charge in [-0.1, -0.05) is 30.3 Å². The molecule has 0 aromatic heterocycles. The lowest BCUT2D eigenvalue weighted by Crippen LogP contribution is -2.34. The number of aliphatic hydroxyl groups excluding tert-OH is 1. The van der Waals surface area contributed by atoms with Crippen molar-refractivity contribution in [3.05, 3.63) is 35.9 Å². The van der Waals surface area contributed by atoms with Crippen molar-refractivity contribution < 1.29 is 18.3 Å². The van der Waals surface area contributed by atoms with Crippen LogP contribution >= 0.6 is 0 Å². The van der Waals surface area contributed by atoms with Crippen molar-refractivity contribution in [2.45, 2.75) is 26.0 Å². The summed E-state index contributed by atoms with van der Waals surface area (Å²) >= 11 is 0. The van der Waals surface area contributed by atoms with Gasteiger partial charge in [0.2, 0.25) is 10.0 Å². The van der Waals surface area contributed by atoms with Crippen molar-refractivity contribution in [3.63, 3.8) is 0 Å². The summed E-state index contributed by atoms with van der Waals surface area (Å²) in [6.45, 7) is 3.55. The van der Waals surface area contributed by atoms with Gasteiger partial charge in [-0.25, -0.2) is 13.1 Å². The number of rotatable bonds is 8. The molecule has 0 aliphatic heterocycles. The van der Waals surface area contributed by atoms with Gasteiger partial charge in [-0.3, -0.25) is 0 Å². The van der Waals surface area contributed by atoms with E-state index in [0.29, 0.717) is 0 Å². The summed E-state index contributed by atoms with van der Waals surface area (Å²) in [5.41, 5.74) is 0.735. The largest absolute Gasteiger partial charge is 0.394 e.